The van der Waals surface area contributed by atoms with Crippen LogP contribution in [0.5, 0.6) is 17.8 Å². The normalized spacial score (nSPS) is 10.2. The van der Waals surface area contributed by atoms with Gasteiger partial charge in [-0.2, -0.15) is 9.97 Å². The van der Waals surface area contributed by atoms with Crippen molar-refractivity contribution in [3.63, 3.8) is 0 Å². The number of nitrogens with zero attached hydrogens (tertiary/aromatic N) is 3. The van der Waals surface area contributed by atoms with Crippen LogP contribution in [0.1, 0.15) is 0 Å². The summed E-state index contributed by atoms with van der Waals surface area (Å²) in [5.74, 6) is -0.581. The van der Waals surface area contributed by atoms with Gasteiger partial charge in [-0.3, -0.25) is 0 Å². The van der Waals surface area contributed by atoms with Crippen molar-refractivity contribution < 1.29 is 13.9 Å². The highest BCUT2D eigenvalue weighted by atomic mass is 79.9. The standard InChI is InChI=1S/C10H6BrClFN3O2/c1-17-9-14-8(12)15-10(16-9)18-7-4-5(11)2-3-6(7)13/h2-4H,1H3. The van der Waals surface area contributed by atoms with E-state index in [1.54, 1.807) is 6.07 Å². The lowest BCUT2D eigenvalue weighted by molar-refractivity contribution is 0.353. The predicted octanol–water partition coefficient (Wildman–Crippen LogP) is 3.23. The average molecular weight is 335 g/mol. The van der Waals surface area contributed by atoms with Gasteiger partial charge in [0.2, 0.25) is 5.28 Å². The lowest BCUT2D eigenvalue weighted by Crippen LogP contribution is -1.99. The van der Waals surface area contributed by atoms with E-state index in [1.807, 2.05) is 0 Å². The molecule has 1 aromatic carbocycles. The topological polar surface area (TPSA) is 57.1 Å². The first-order valence-corrected chi connectivity index (χ1v) is 5.84. The second-order valence-electron chi connectivity index (χ2n) is 3.05. The van der Waals surface area contributed by atoms with Crippen molar-refractivity contribution in [3.8, 4) is 17.8 Å². The molecule has 0 saturated heterocycles. The monoisotopic (exact) mass is 333 g/mol. The molecule has 0 bridgehead atoms. The summed E-state index contributed by atoms with van der Waals surface area (Å²) in [6.45, 7) is 0. The van der Waals surface area contributed by atoms with Gasteiger partial charge in [0.25, 0.3) is 0 Å². The Hall–Kier alpha value is -1.47. The van der Waals surface area contributed by atoms with Crippen molar-refractivity contribution in [2.75, 3.05) is 7.11 Å². The van der Waals surface area contributed by atoms with Crippen LogP contribution >= 0.6 is 27.5 Å². The highest BCUT2D eigenvalue weighted by Crippen LogP contribution is 2.26. The van der Waals surface area contributed by atoms with Gasteiger partial charge in [-0.15, -0.1) is 4.98 Å². The molecule has 1 heterocycles. The molecule has 0 saturated carbocycles. The van der Waals surface area contributed by atoms with Gasteiger partial charge >= 0.3 is 12.0 Å². The lowest BCUT2D eigenvalue weighted by Gasteiger charge is -2.06. The highest BCUT2D eigenvalue weighted by Gasteiger charge is 2.10. The zero-order chi connectivity index (χ0) is 13.1. The molecule has 0 atom stereocenters. The fraction of sp³-hybridized carbons (Fsp3) is 0.100. The van der Waals surface area contributed by atoms with Gasteiger partial charge in [0.05, 0.1) is 7.11 Å². The second-order valence-corrected chi connectivity index (χ2v) is 4.30. The van der Waals surface area contributed by atoms with E-state index >= 15 is 0 Å². The highest BCUT2D eigenvalue weighted by molar-refractivity contribution is 9.10. The summed E-state index contributed by atoms with van der Waals surface area (Å²) in [4.78, 5) is 11.2. The summed E-state index contributed by atoms with van der Waals surface area (Å²) < 4.78 is 24.1. The van der Waals surface area contributed by atoms with E-state index in [0.717, 1.165) is 0 Å². The molecule has 0 amide bonds. The van der Waals surface area contributed by atoms with Crippen LogP contribution in [0, 0.1) is 5.82 Å². The van der Waals surface area contributed by atoms with E-state index in [1.165, 1.54) is 19.2 Å². The molecular formula is C10H6BrClFN3O2. The van der Waals surface area contributed by atoms with Crippen LogP contribution < -0.4 is 9.47 Å². The van der Waals surface area contributed by atoms with E-state index in [-0.39, 0.29) is 23.1 Å². The molecule has 1 aromatic heterocycles. The van der Waals surface area contributed by atoms with Gasteiger partial charge in [0, 0.05) is 4.47 Å². The molecule has 5 nitrogen and oxygen atoms in total. The maximum Gasteiger partial charge on any atom is 0.329 e. The van der Waals surface area contributed by atoms with Crippen LogP contribution in [-0.2, 0) is 0 Å². The van der Waals surface area contributed by atoms with Crippen LogP contribution in [0.4, 0.5) is 4.39 Å². The molecule has 18 heavy (non-hydrogen) atoms. The molecule has 0 aliphatic carbocycles. The molecule has 2 aromatic rings. The molecular weight excluding hydrogens is 328 g/mol. The van der Waals surface area contributed by atoms with Gasteiger partial charge < -0.3 is 9.47 Å². The first kappa shape index (κ1) is 13.0. The van der Waals surface area contributed by atoms with Crippen molar-refractivity contribution >= 4 is 27.5 Å². The first-order chi connectivity index (χ1) is 8.58. The van der Waals surface area contributed by atoms with E-state index in [0.29, 0.717) is 4.47 Å². The Bertz CT molecular complexity index is 585. The van der Waals surface area contributed by atoms with E-state index in [9.17, 15) is 4.39 Å². The molecule has 0 unspecified atom stereocenters. The summed E-state index contributed by atoms with van der Waals surface area (Å²) in [5, 5.41) is -0.104. The third-order valence-electron chi connectivity index (χ3n) is 1.84. The van der Waals surface area contributed by atoms with Gasteiger partial charge in [0.15, 0.2) is 11.6 Å². The van der Waals surface area contributed by atoms with Crippen LogP contribution in [0.15, 0.2) is 22.7 Å². The molecule has 0 aliphatic heterocycles. The number of halogens is 3. The molecule has 0 aliphatic rings. The summed E-state index contributed by atoms with van der Waals surface area (Å²) in [6, 6.07) is 4.08. The first-order valence-electron chi connectivity index (χ1n) is 4.67. The smallest absolute Gasteiger partial charge is 0.329 e. The number of rotatable bonds is 3. The van der Waals surface area contributed by atoms with Crippen molar-refractivity contribution in [1.29, 1.82) is 0 Å². The van der Waals surface area contributed by atoms with E-state index < -0.39 is 5.82 Å². The van der Waals surface area contributed by atoms with Gasteiger partial charge in [0.1, 0.15) is 0 Å². The maximum absolute atomic E-state index is 13.5. The Kier molecular flexibility index (Phi) is 3.93. The minimum atomic E-state index is -0.547. The van der Waals surface area contributed by atoms with E-state index in [4.69, 9.17) is 21.1 Å². The summed E-state index contributed by atoms with van der Waals surface area (Å²) >= 11 is 8.84. The van der Waals surface area contributed by atoms with Gasteiger partial charge in [-0.25, -0.2) is 4.39 Å². The van der Waals surface area contributed by atoms with Crippen molar-refractivity contribution in [3.05, 3.63) is 33.8 Å². The second kappa shape index (κ2) is 5.45. The van der Waals surface area contributed by atoms with Crippen LogP contribution in [0.2, 0.25) is 5.28 Å². The SMILES string of the molecule is COc1nc(Cl)nc(Oc2cc(Br)ccc2F)n1. The van der Waals surface area contributed by atoms with Crippen LogP contribution in [0.25, 0.3) is 0 Å². The molecule has 0 spiro atoms. The zero-order valence-corrected chi connectivity index (χ0v) is 11.4. The molecule has 0 radical (unpaired) electrons. The molecule has 0 fully saturated rings. The lowest BCUT2D eigenvalue weighted by atomic mass is 10.3. The predicted molar refractivity (Wildman–Crippen MR) is 65.6 cm³/mol. The van der Waals surface area contributed by atoms with E-state index in [2.05, 4.69) is 30.9 Å². The fourth-order valence-corrected chi connectivity index (χ4v) is 1.59. The van der Waals surface area contributed by atoms with Crippen molar-refractivity contribution in [1.82, 2.24) is 15.0 Å². The summed E-state index contributed by atoms with van der Waals surface area (Å²) in [5.41, 5.74) is 0. The largest absolute Gasteiger partial charge is 0.467 e. The third-order valence-corrected chi connectivity index (χ3v) is 2.51. The van der Waals surface area contributed by atoms with Crippen molar-refractivity contribution in [2.24, 2.45) is 0 Å². The van der Waals surface area contributed by atoms with Gasteiger partial charge in [-0.05, 0) is 29.8 Å². The number of benzene rings is 1. The van der Waals surface area contributed by atoms with Crippen LogP contribution in [0.3, 0.4) is 0 Å². The van der Waals surface area contributed by atoms with Crippen LogP contribution in [-0.4, -0.2) is 22.1 Å². The number of hydrogen-bond donors (Lipinski definition) is 0. The maximum atomic E-state index is 13.5. The van der Waals surface area contributed by atoms with Crippen molar-refractivity contribution in [2.45, 2.75) is 0 Å². The van der Waals surface area contributed by atoms with Gasteiger partial charge in [-0.1, -0.05) is 15.9 Å². The molecule has 94 valence electrons. The minimum absolute atomic E-state index is 0.0135. The third kappa shape index (κ3) is 3.05. The fourth-order valence-electron chi connectivity index (χ4n) is 1.11. The average Bonchev–Trinajstić information content (AvgIpc) is 2.33. The zero-order valence-electron chi connectivity index (χ0n) is 9.02. The number of methoxy groups -OCH3 is 1. The Morgan fingerprint density at radius 1 is 1.22 bits per heavy atom. The Balaban J connectivity index is 2.33. The Labute approximate surface area is 115 Å². The molecule has 2 rings (SSSR count). The summed E-state index contributed by atoms with van der Waals surface area (Å²) in [6.07, 6.45) is 0. The number of hydrogen-bond acceptors (Lipinski definition) is 5. The molecule has 8 heteroatoms. The summed E-state index contributed by atoms with van der Waals surface area (Å²) in [7, 11) is 1.37. The number of aromatic nitrogens is 3. The molecule has 0 N–H and O–H groups in total. The number of ether oxygens (including phenoxy) is 2. The quantitative estimate of drug-likeness (QED) is 0.862. The Morgan fingerprint density at radius 3 is 2.67 bits per heavy atom. The Morgan fingerprint density at radius 2 is 1.94 bits per heavy atom. The minimum Gasteiger partial charge on any atom is -0.467 e.